The first-order valence-electron chi connectivity index (χ1n) is 5.90. The summed E-state index contributed by atoms with van der Waals surface area (Å²) >= 11 is 0. The van der Waals surface area contributed by atoms with Gasteiger partial charge in [0.05, 0.1) is 6.20 Å². The lowest BCUT2D eigenvalue weighted by atomic mass is 10.2. The van der Waals surface area contributed by atoms with Crippen molar-refractivity contribution in [1.82, 2.24) is 14.6 Å². The number of carbonyl (C=O) groups is 1. The van der Waals surface area contributed by atoms with Crippen molar-refractivity contribution in [2.75, 3.05) is 5.32 Å². The average molecular weight is 232 g/mol. The maximum Gasteiger partial charge on any atom is 0.225 e. The van der Waals surface area contributed by atoms with Crippen LogP contribution in [0.15, 0.2) is 24.5 Å². The van der Waals surface area contributed by atoms with Gasteiger partial charge in [-0.15, -0.1) is 0 Å². The molecule has 2 rings (SSSR count). The van der Waals surface area contributed by atoms with E-state index in [1.54, 1.807) is 16.9 Å². The van der Waals surface area contributed by atoms with E-state index in [-0.39, 0.29) is 5.91 Å². The minimum atomic E-state index is 0.0156. The molecule has 0 aromatic carbocycles. The minimum absolute atomic E-state index is 0.0156. The lowest BCUT2D eigenvalue weighted by molar-refractivity contribution is -0.116. The molecule has 0 aliphatic heterocycles. The Morgan fingerprint density at radius 2 is 2.35 bits per heavy atom. The van der Waals surface area contributed by atoms with Crippen LogP contribution in [0, 0.1) is 0 Å². The van der Waals surface area contributed by atoms with Gasteiger partial charge in [-0.05, 0) is 18.6 Å². The SMILES string of the molecule is CCCCCC(=O)Nc1cn2ncccc2n1. The number of nitrogens with one attached hydrogen (secondary N) is 1. The molecule has 0 radical (unpaired) electrons. The van der Waals surface area contributed by atoms with Gasteiger partial charge in [-0.1, -0.05) is 19.8 Å². The number of hydrogen-bond donors (Lipinski definition) is 1. The zero-order valence-electron chi connectivity index (χ0n) is 9.89. The third kappa shape index (κ3) is 3.03. The fourth-order valence-electron chi connectivity index (χ4n) is 1.63. The Bertz CT molecular complexity index is 473. The van der Waals surface area contributed by atoms with Crippen molar-refractivity contribution in [2.45, 2.75) is 32.6 Å². The molecule has 0 saturated carbocycles. The predicted octanol–water partition coefficient (Wildman–Crippen LogP) is 2.25. The summed E-state index contributed by atoms with van der Waals surface area (Å²) in [7, 11) is 0. The smallest absolute Gasteiger partial charge is 0.225 e. The average Bonchev–Trinajstić information content (AvgIpc) is 2.71. The maximum atomic E-state index is 11.6. The number of rotatable bonds is 5. The quantitative estimate of drug-likeness (QED) is 0.804. The Labute approximate surface area is 99.9 Å². The van der Waals surface area contributed by atoms with Crippen LogP contribution in [-0.4, -0.2) is 20.5 Å². The van der Waals surface area contributed by atoms with E-state index in [1.165, 1.54) is 0 Å². The number of carbonyl (C=O) groups excluding carboxylic acids is 1. The van der Waals surface area contributed by atoms with Crippen molar-refractivity contribution >= 4 is 17.4 Å². The molecule has 0 bridgehead atoms. The van der Waals surface area contributed by atoms with Gasteiger partial charge in [0.25, 0.3) is 0 Å². The molecule has 1 N–H and O–H groups in total. The molecule has 1 amide bonds. The molecule has 5 nitrogen and oxygen atoms in total. The summed E-state index contributed by atoms with van der Waals surface area (Å²) in [5.74, 6) is 0.576. The Morgan fingerprint density at radius 3 is 3.12 bits per heavy atom. The van der Waals surface area contributed by atoms with Gasteiger partial charge in [-0.25, -0.2) is 9.50 Å². The predicted molar refractivity (Wildman–Crippen MR) is 65.8 cm³/mol. The molecular formula is C12H16N4O. The summed E-state index contributed by atoms with van der Waals surface area (Å²) in [6, 6.07) is 3.66. The highest BCUT2D eigenvalue weighted by molar-refractivity contribution is 5.89. The van der Waals surface area contributed by atoms with Gasteiger partial charge in [0.2, 0.25) is 5.91 Å². The number of imidazole rings is 1. The fourth-order valence-corrected chi connectivity index (χ4v) is 1.63. The first-order chi connectivity index (χ1) is 8.29. The summed E-state index contributed by atoms with van der Waals surface area (Å²) in [5, 5.41) is 6.87. The van der Waals surface area contributed by atoms with Gasteiger partial charge >= 0.3 is 0 Å². The lowest BCUT2D eigenvalue weighted by Gasteiger charge is -2.00. The third-order valence-corrected chi connectivity index (χ3v) is 2.51. The lowest BCUT2D eigenvalue weighted by Crippen LogP contribution is -2.11. The second-order valence-electron chi connectivity index (χ2n) is 3.96. The van der Waals surface area contributed by atoms with Crippen LogP contribution in [0.1, 0.15) is 32.6 Å². The summed E-state index contributed by atoms with van der Waals surface area (Å²) in [6.45, 7) is 2.12. The maximum absolute atomic E-state index is 11.6. The first kappa shape index (κ1) is 11.6. The van der Waals surface area contributed by atoms with E-state index < -0.39 is 0 Å². The number of hydrogen-bond acceptors (Lipinski definition) is 3. The highest BCUT2D eigenvalue weighted by atomic mass is 16.1. The van der Waals surface area contributed by atoms with Crippen LogP contribution in [0.3, 0.4) is 0 Å². The number of amides is 1. The molecule has 90 valence electrons. The van der Waals surface area contributed by atoms with Crippen LogP contribution >= 0.6 is 0 Å². The Kier molecular flexibility index (Phi) is 3.69. The third-order valence-electron chi connectivity index (χ3n) is 2.51. The van der Waals surface area contributed by atoms with E-state index in [4.69, 9.17) is 0 Å². The molecule has 2 heterocycles. The van der Waals surface area contributed by atoms with E-state index >= 15 is 0 Å². The second kappa shape index (κ2) is 5.43. The second-order valence-corrected chi connectivity index (χ2v) is 3.96. The monoisotopic (exact) mass is 232 g/mol. The molecule has 2 aromatic heterocycles. The highest BCUT2D eigenvalue weighted by Crippen LogP contribution is 2.08. The van der Waals surface area contributed by atoms with E-state index in [2.05, 4.69) is 22.3 Å². The topological polar surface area (TPSA) is 59.3 Å². The van der Waals surface area contributed by atoms with Gasteiger partial charge in [0.1, 0.15) is 0 Å². The molecule has 0 fully saturated rings. The van der Waals surface area contributed by atoms with Crippen molar-refractivity contribution < 1.29 is 4.79 Å². The van der Waals surface area contributed by atoms with Gasteiger partial charge in [0.15, 0.2) is 11.5 Å². The van der Waals surface area contributed by atoms with Crippen molar-refractivity contribution in [1.29, 1.82) is 0 Å². The van der Waals surface area contributed by atoms with E-state index in [0.29, 0.717) is 12.2 Å². The van der Waals surface area contributed by atoms with E-state index in [1.807, 2.05) is 12.1 Å². The molecule has 17 heavy (non-hydrogen) atoms. The van der Waals surface area contributed by atoms with Crippen molar-refractivity contribution in [3.63, 3.8) is 0 Å². The van der Waals surface area contributed by atoms with Gasteiger partial charge in [-0.2, -0.15) is 5.10 Å². The van der Waals surface area contributed by atoms with Crippen LogP contribution in [-0.2, 0) is 4.79 Å². The molecule has 0 unspecified atom stereocenters. The molecule has 5 heteroatoms. The summed E-state index contributed by atoms with van der Waals surface area (Å²) < 4.78 is 1.64. The van der Waals surface area contributed by atoms with Crippen molar-refractivity contribution in [3.05, 3.63) is 24.5 Å². The molecule has 0 aliphatic carbocycles. The Hall–Kier alpha value is -1.91. The van der Waals surface area contributed by atoms with E-state index in [9.17, 15) is 4.79 Å². The van der Waals surface area contributed by atoms with Gasteiger partial charge in [-0.3, -0.25) is 4.79 Å². The van der Waals surface area contributed by atoms with Crippen LogP contribution in [0.2, 0.25) is 0 Å². The largest absolute Gasteiger partial charge is 0.309 e. The molecule has 0 saturated heterocycles. The zero-order chi connectivity index (χ0) is 12.1. The number of unbranched alkanes of at least 4 members (excludes halogenated alkanes) is 2. The fraction of sp³-hybridized carbons (Fsp3) is 0.417. The van der Waals surface area contributed by atoms with Crippen molar-refractivity contribution in [2.24, 2.45) is 0 Å². The Morgan fingerprint density at radius 1 is 1.47 bits per heavy atom. The molecular weight excluding hydrogens is 216 g/mol. The summed E-state index contributed by atoms with van der Waals surface area (Å²) in [5.41, 5.74) is 0.733. The minimum Gasteiger partial charge on any atom is -0.309 e. The van der Waals surface area contributed by atoms with E-state index in [0.717, 1.165) is 24.9 Å². The van der Waals surface area contributed by atoms with Gasteiger partial charge in [0, 0.05) is 12.6 Å². The van der Waals surface area contributed by atoms with Crippen LogP contribution in [0.5, 0.6) is 0 Å². The Balaban J connectivity index is 1.96. The number of anilines is 1. The normalized spacial score (nSPS) is 10.6. The highest BCUT2D eigenvalue weighted by Gasteiger charge is 2.05. The van der Waals surface area contributed by atoms with Crippen LogP contribution in [0.25, 0.3) is 5.65 Å². The zero-order valence-corrected chi connectivity index (χ0v) is 9.89. The molecule has 0 spiro atoms. The van der Waals surface area contributed by atoms with Gasteiger partial charge < -0.3 is 5.32 Å². The number of nitrogens with zero attached hydrogens (tertiary/aromatic N) is 3. The standard InChI is InChI=1S/C12H16N4O/c1-2-3-4-7-12(17)15-10-9-16-11(14-10)6-5-8-13-16/h5-6,8-9H,2-4,7H2,1H3,(H,15,17). The number of aromatic nitrogens is 3. The summed E-state index contributed by atoms with van der Waals surface area (Å²) in [6.07, 6.45) is 7.07. The van der Waals surface area contributed by atoms with Crippen LogP contribution in [0.4, 0.5) is 5.82 Å². The molecule has 2 aromatic rings. The molecule has 0 atom stereocenters. The van der Waals surface area contributed by atoms with Crippen molar-refractivity contribution in [3.8, 4) is 0 Å². The first-order valence-corrected chi connectivity index (χ1v) is 5.90. The number of fused-ring (bicyclic) bond motifs is 1. The molecule has 0 aliphatic rings. The summed E-state index contributed by atoms with van der Waals surface area (Å²) in [4.78, 5) is 15.8. The van der Waals surface area contributed by atoms with Crippen LogP contribution < -0.4 is 5.32 Å².